The molecule has 1 aromatic rings. The summed E-state index contributed by atoms with van der Waals surface area (Å²) in [6, 6.07) is 1.42. The molecule has 0 aliphatic carbocycles. The molecule has 1 aromatic heterocycles. The lowest BCUT2D eigenvalue weighted by Crippen LogP contribution is -2.28. The summed E-state index contributed by atoms with van der Waals surface area (Å²) in [5.41, 5.74) is 0.566. The second-order valence-electron chi connectivity index (χ2n) is 3.77. The molecule has 0 radical (unpaired) electrons. The minimum absolute atomic E-state index is 0.0786. The molecular formula is C11H15N3O4. The highest BCUT2D eigenvalue weighted by Crippen LogP contribution is 2.25. The highest BCUT2D eigenvalue weighted by Gasteiger charge is 2.20. The summed E-state index contributed by atoms with van der Waals surface area (Å²) in [6.07, 6.45) is 1.52. The van der Waals surface area contributed by atoms with E-state index in [-0.39, 0.29) is 24.7 Å². The minimum atomic E-state index is -0.517. The Morgan fingerprint density at radius 2 is 2.28 bits per heavy atom. The first-order valence-corrected chi connectivity index (χ1v) is 5.43. The highest BCUT2D eigenvalue weighted by molar-refractivity contribution is 5.76. The van der Waals surface area contributed by atoms with Crippen molar-refractivity contribution in [3.63, 3.8) is 0 Å². The number of carbonyl (C=O) groups is 1. The van der Waals surface area contributed by atoms with Gasteiger partial charge in [-0.2, -0.15) is 0 Å². The van der Waals surface area contributed by atoms with Gasteiger partial charge in [0.05, 0.1) is 11.5 Å². The summed E-state index contributed by atoms with van der Waals surface area (Å²) in [4.78, 5) is 27.1. The van der Waals surface area contributed by atoms with Gasteiger partial charge in [-0.25, -0.2) is 4.98 Å². The van der Waals surface area contributed by atoms with Gasteiger partial charge in [-0.1, -0.05) is 0 Å². The highest BCUT2D eigenvalue weighted by atomic mass is 16.6. The normalized spacial score (nSPS) is 9.94. The van der Waals surface area contributed by atoms with Crippen LogP contribution >= 0.6 is 0 Å². The molecule has 0 spiro atoms. The van der Waals surface area contributed by atoms with Crippen molar-refractivity contribution in [2.24, 2.45) is 0 Å². The first kappa shape index (κ1) is 13.9. The smallest absolute Gasteiger partial charge is 0.325 e. The van der Waals surface area contributed by atoms with Crippen LogP contribution in [0.25, 0.3) is 0 Å². The van der Waals surface area contributed by atoms with Crippen LogP contribution < -0.4 is 4.90 Å². The predicted octanol–water partition coefficient (Wildman–Crippen LogP) is 1.30. The number of hydrogen-bond acceptors (Lipinski definition) is 6. The number of nitrogens with zero attached hydrogens (tertiary/aromatic N) is 3. The maximum atomic E-state index is 11.3. The quantitative estimate of drug-likeness (QED) is 0.446. The number of nitro groups is 1. The number of aryl methyl sites for hydroxylation is 1. The van der Waals surface area contributed by atoms with Gasteiger partial charge >= 0.3 is 11.7 Å². The van der Waals surface area contributed by atoms with Crippen molar-refractivity contribution in [2.75, 3.05) is 25.1 Å². The first-order valence-electron chi connectivity index (χ1n) is 5.43. The van der Waals surface area contributed by atoms with E-state index < -0.39 is 10.9 Å². The van der Waals surface area contributed by atoms with Gasteiger partial charge in [-0.05, 0) is 19.4 Å². The Labute approximate surface area is 105 Å². The topological polar surface area (TPSA) is 85.6 Å². The molecule has 7 heteroatoms. The molecule has 0 fully saturated rings. The van der Waals surface area contributed by atoms with E-state index in [4.69, 9.17) is 4.74 Å². The molecule has 98 valence electrons. The number of carbonyl (C=O) groups excluding carboxylic acids is 1. The van der Waals surface area contributed by atoms with E-state index in [1.54, 1.807) is 20.9 Å². The van der Waals surface area contributed by atoms with Gasteiger partial charge in [0.2, 0.25) is 5.82 Å². The summed E-state index contributed by atoms with van der Waals surface area (Å²) >= 11 is 0. The monoisotopic (exact) mass is 253 g/mol. The number of ether oxygens (including phenoxy) is 1. The lowest BCUT2D eigenvalue weighted by atomic mass is 10.2. The van der Waals surface area contributed by atoms with Gasteiger partial charge in [0.1, 0.15) is 6.54 Å². The molecule has 0 N–H and O–H groups in total. The number of rotatable bonds is 5. The molecule has 0 aliphatic heterocycles. The SMILES string of the molecule is CCOC(=O)CN(C)c1ncc(C)cc1[N+](=O)[O-]. The summed E-state index contributed by atoms with van der Waals surface area (Å²) in [5.74, 6) is -0.296. The maximum Gasteiger partial charge on any atom is 0.325 e. The third-order valence-corrected chi connectivity index (χ3v) is 2.21. The van der Waals surface area contributed by atoms with Crippen LogP contribution in [0.4, 0.5) is 11.5 Å². The molecule has 0 bridgehead atoms. The number of likely N-dealkylation sites (N-methyl/N-ethyl adjacent to an activating group) is 1. The third-order valence-electron chi connectivity index (χ3n) is 2.21. The molecule has 1 rings (SSSR count). The van der Waals surface area contributed by atoms with Crippen LogP contribution in [0.5, 0.6) is 0 Å². The van der Waals surface area contributed by atoms with E-state index in [0.717, 1.165) is 0 Å². The fraction of sp³-hybridized carbons (Fsp3) is 0.455. The number of anilines is 1. The summed E-state index contributed by atoms with van der Waals surface area (Å²) < 4.78 is 4.78. The van der Waals surface area contributed by atoms with E-state index in [1.165, 1.54) is 17.2 Å². The standard InChI is InChI=1S/C11H15N3O4/c1-4-18-10(15)7-13(3)11-9(14(16)17)5-8(2)6-12-11/h5-6H,4,7H2,1-3H3. The molecule has 0 aliphatic rings. The zero-order valence-electron chi connectivity index (χ0n) is 10.5. The molecule has 0 aromatic carbocycles. The lowest BCUT2D eigenvalue weighted by Gasteiger charge is -2.16. The van der Waals surface area contributed by atoms with E-state index in [0.29, 0.717) is 5.56 Å². The Balaban J connectivity index is 2.94. The van der Waals surface area contributed by atoms with E-state index >= 15 is 0 Å². The van der Waals surface area contributed by atoms with Crippen molar-refractivity contribution in [3.05, 3.63) is 27.9 Å². The minimum Gasteiger partial charge on any atom is -0.465 e. The van der Waals surface area contributed by atoms with Gasteiger partial charge < -0.3 is 9.64 Å². The molecule has 0 saturated carbocycles. The molecule has 18 heavy (non-hydrogen) atoms. The Bertz CT molecular complexity index is 462. The van der Waals surface area contributed by atoms with E-state index in [9.17, 15) is 14.9 Å². The van der Waals surface area contributed by atoms with Crippen molar-refractivity contribution < 1.29 is 14.5 Å². The second kappa shape index (κ2) is 5.95. The molecule has 7 nitrogen and oxygen atoms in total. The largest absolute Gasteiger partial charge is 0.465 e. The van der Waals surface area contributed by atoms with Crippen LogP contribution in [-0.4, -0.2) is 36.1 Å². The van der Waals surface area contributed by atoms with Crippen LogP contribution in [0.2, 0.25) is 0 Å². The molecule has 0 atom stereocenters. The zero-order valence-corrected chi connectivity index (χ0v) is 10.5. The zero-order chi connectivity index (χ0) is 13.7. The molecule has 0 amide bonds. The Morgan fingerprint density at radius 1 is 1.61 bits per heavy atom. The van der Waals surface area contributed by atoms with Gasteiger partial charge in [-0.3, -0.25) is 14.9 Å². The summed E-state index contributed by atoms with van der Waals surface area (Å²) in [5, 5.41) is 10.9. The number of esters is 1. The Kier molecular flexibility index (Phi) is 4.59. The average Bonchev–Trinajstić information content (AvgIpc) is 2.28. The molecule has 1 heterocycles. The number of pyridine rings is 1. The predicted molar refractivity (Wildman–Crippen MR) is 65.5 cm³/mol. The average molecular weight is 253 g/mol. The maximum absolute atomic E-state index is 11.3. The van der Waals surface area contributed by atoms with Crippen molar-refractivity contribution in [2.45, 2.75) is 13.8 Å². The third kappa shape index (κ3) is 3.41. The van der Waals surface area contributed by atoms with Crippen LogP contribution in [0.15, 0.2) is 12.3 Å². The fourth-order valence-electron chi connectivity index (χ4n) is 1.45. The second-order valence-corrected chi connectivity index (χ2v) is 3.77. The molecular weight excluding hydrogens is 238 g/mol. The lowest BCUT2D eigenvalue weighted by molar-refractivity contribution is -0.384. The molecule has 0 saturated heterocycles. The summed E-state index contributed by atoms with van der Waals surface area (Å²) in [7, 11) is 1.56. The van der Waals surface area contributed by atoms with Crippen molar-refractivity contribution >= 4 is 17.5 Å². The first-order chi connectivity index (χ1) is 8.45. The molecule has 0 unspecified atom stereocenters. The van der Waals surface area contributed by atoms with E-state index in [2.05, 4.69) is 4.98 Å². The van der Waals surface area contributed by atoms with Gasteiger partial charge in [0, 0.05) is 19.3 Å². The summed E-state index contributed by atoms with van der Waals surface area (Å²) in [6.45, 7) is 3.61. The fourth-order valence-corrected chi connectivity index (χ4v) is 1.45. The number of aromatic nitrogens is 1. The van der Waals surface area contributed by atoms with E-state index in [1.807, 2.05) is 0 Å². The van der Waals surface area contributed by atoms with Crippen molar-refractivity contribution in [1.82, 2.24) is 4.98 Å². The van der Waals surface area contributed by atoms with Crippen molar-refractivity contribution in [1.29, 1.82) is 0 Å². The Morgan fingerprint density at radius 3 is 2.83 bits per heavy atom. The van der Waals surface area contributed by atoms with Gasteiger partial charge in [0.25, 0.3) is 0 Å². The Hall–Kier alpha value is -2.18. The van der Waals surface area contributed by atoms with Gasteiger partial charge in [-0.15, -0.1) is 0 Å². The van der Waals surface area contributed by atoms with Crippen LogP contribution in [0.1, 0.15) is 12.5 Å². The van der Waals surface area contributed by atoms with Crippen LogP contribution in [0.3, 0.4) is 0 Å². The van der Waals surface area contributed by atoms with Crippen LogP contribution in [0, 0.1) is 17.0 Å². The van der Waals surface area contributed by atoms with Crippen molar-refractivity contribution in [3.8, 4) is 0 Å². The van der Waals surface area contributed by atoms with Gasteiger partial charge in [0.15, 0.2) is 0 Å². The van der Waals surface area contributed by atoms with Crippen LogP contribution in [-0.2, 0) is 9.53 Å². The number of hydrogen-bond donors (Lipinski definition) is 0.